The molecule has 0 bridgehead atoms. The van der Waals surface area contributed by atoms with Crippen molar-refractivity contribution in [3.05, 3.63) is 0 Å². The Morgan fingerprint density at radius 2 is 1.32 bits per heavy atom. The van der Waals surface area contributed by atoms with Crippen LogP contribution in [0.2, 0.25) is 0 Å². The van der Waals surface area contributed by atoms with E-state index in [0.717, 1.165) is 12.8 Å². The van der Waals surface area contributed by atoms with Crippen LogP contribution in [0.1, 0.15) is 72.6 Å². The Kier molecular flexibility index (Phi) is 7.09. The van der Waals surface area contributed by atoms with Crippen LogP contribution in [-0.4, -0.2) is 22.2 Å². The van der Waals surface area contributed by atoms with E-state index in [1.165, 1.54) is 0 Å². The molecule has 0 rings (SSSR count). The Bertz CT molecular complexity index is 291. The minimum Gasteiger partial charge on any atom is -0.480 e. The topological polar surface area (TPSA) is 74.6 Å². The maximum Gasteiger partial charge on any atom is 0.321 e. The number of unbranched alkanes of at least 4 members (excludes halogenated alkanes) is 1. The summed E-state index contributed by atoms with van der Waals surface area (Å²) in [5.74, 6) is -2.35. The summed E-state index contributed by atoms with van der Waals surface area (Å²) in [6, 6.07) is 0. The molecule has 0 aliphatic rings. The predicted octanol–water partition coefficient (Wildman–Crippen LogP) is 3.94. The van der Waals surface area contributed by atoms with E-state index in [1.54, 1.807) is 0 Å². The number of carboxylic acids is 2. The van der Waals surface area contributed by atoms with E-state index in [2.05, 4.69) is 0 Å². The molecule has 0 fully saturated rings. The molecule has 0 aromatic rings. The number of aliphatic carboxylic acids is 2. The van der Waals surface area contributed by atoms with E-state index in [4.69, 9.17) is 0 Å². The molecule has 0 heterocycles. The Balaban J connectivity index is 5.87. The van der Waals surface area contributed by atoms with E-state index >= 15 is 0 Å². The highest BCUT2D eigenvalue weighted by Gasteiger charge is 2.59. The van der Waals surface area contributed by atoms with E-state index in [1.807, 2.05) is 27.7 Å². The van der Waals surface area contributed by atoms with Crippen molar-refractivity contribution < 1.29 is 19.8 Å². The Hall–Kier alpha value is -1.06. The van der Waals surface area contributed by atoms with E-state index in [-0.39, 0.29) is 6.42 Å². The third-order valence-electron chi connectivity index (χ3n) is 4.62. The van der Waals surface area contributed by atoms with Crippen LogP contribution in [0.15, 0.2) is 0 Å². The fourth-order valence-corrected chi connectivity index (χ4v) is 3.37. The maximum absolute atomic E-state index is 11.8. The van der Waals surface area contributed by atoms with Gasteiger partial charge in [0.05, 0.1) is 0 Å². The van der Waals surface area contributed by atoms with Crippen LogP contribution < -0.4 is 0 Å². The third kappa shape index (κ3) is 3.10. The molecule has 4 nitrogen and oxygen atoms in total. The average molecular weight is 272 g/mol. The van der Waals surface area contributed by atoms with Gasteiger partial charge in [-0.1, -0.05) is 47.0 Å². The minimum absolute atomic E-state index is 0.218. The lowest BCUT2D eigenvalue weighted by atomic mass is 9.56. The number of hydrogen-bond donors (Lipinski definition) is 2. The Labute approximate surface area is 116 Å². The van der Waals surface area contributed by atoms with Crippen molar-refractivity contribution in [3.63, 3.8) is 0 Å². The van der Waals surface area contributed by atoms with Crippen molar-refractivity contribution in [2.45, 2.75) is 72.6 Å². The van der Waals surface area contributed by atoms with Gasteiger partial charge in [0.1, 0.15) is 0 Å². The lowest BCUT2D eigenvalue weighted by molar-refractivity contribution is -0.179. The molecule has 112 valence electrons. The third-order valence-corrected chi connectivity index (χ3v) is 4.62. The summed E-state index contributed by atoms with van der Waals surface area (Å²) in [7, 11) is 0. The summed E-state index contributed by atoms with van der Waals surface area (Å²) in [6.45, 7) is 7.75. The minimum atomic E-state index is -1.65. The largest absolute Gasteiger partial charge is 0.480 e. The van der Waals surface area contributed by atoms with Crippen molar-refractivity contribution in [1.29, 1.82) is 0 Å². The molecule has 4 heteroatoms. The molecule has 0 aromatic heterocycles. The van der Waals surface area contributed by atoms with Crippen LogP contribution in [0, 0.1) is 10.8 Å². The van der Waals surface area contributed by atoms with Gasteiger partial charge in [0, 0.05) is 0 Å². The first-order valence-electron chi connectivity index (χ1n) is 7.35. The molecule has 0 saturated carbocycles. The van der Waals surface area contributed by atoms with Gasteiger partial charge in [-0.15, -0.1) is 0 Å². The summed E-state index contributed by atoms with van der Waals surface area (Å²) in [4.78, 5) is 23.7. The van der Waals surface area contributed by atoms with Crippen molar-refractivity contribution in [3.8, 4) is 0 Å². The highest BCUT2D eigenvalue weighted by atomic mass is 16.4. The Morgan fingerprint density at radius 1 is 0.842 bits per heavy atom. The second-order valence-corrected chi connectivity index (χ2v) is 5.36. The van der Waals surface area contributed by atoms with E-state index < -0.39 is 22.8 Å². The van der Waals surface area contributed by atoms with Gasteiger partial charge in [0.2, 0.25) is 0 Å². The van der Waals surface area contributed by atoms with Crippen LogP contribution in [0.3, 0.4) is 0 Å². The lowest BCUT2D eigenvalue weighted by Crippen LogP contribution is -2.53. The molecule has 2 N–H and O–H groups in total. The molecule has 0 radical (unpaired) electrons. The molecule has 0 amide bonds. The zero-order chi connectivity index (χ0) is 15.1. The Morgan fingerprint density at radius 3 is 1.58 bits per heavy atom. The van der Waals surface area contributed by atoms with Crippen molar-refractivity contribution >= 4 is 11.9 Å². The first kappa shape index (κ1) is 17.9. The van der Waals surface area contributed by atoms with Crippen LogP contribution in [0.4, 0.5) is 0 Å². The van der Waals surface area contributed by atoms with Crippen LogP contribution in [0.25, 0.3) is 0 Å². The molecule has 0 unspecified atom stereocenters. The number of carboxylic acid groups (broad SMARTS) is 2. The van der Waals surface area contributed by atoms with Gasteiger partial charge in [0.25, 0.3) is 0 Å². The fraction of sp³-hybridized carbons (Fsp3) is 0.867. The normalized spacial score (nSPS) is 12.4. The summed E-state index contributed by atoms with van der Waals surface area (Å²) < 4.78 is 0. The first-order valence-corrected chi connectivity index (χ1v) is 7.35. The number of carbonyl (C=O) groups is 2. The molecule has 0 saturated heterocycles. The molecule has 0 aliphatic heterocycles. The molecular formula is C15H28O4. The molecule has 0 aromatic carbocycles. The SMILES string of the molecule is CCCCC(C(=O)O)(C(=O)O)C(CC)(CC)CCC. The number of hydrogen-bond acceptors (Lipinski definition) is 2. The zero-order valence-electron chi connectivity index (χ0n) is 12.7. The fourth-order valence-electron chi connectivity index (χ4n) is 3.37. The maximum atomic E-state index is 11.8. The quantitative estimate of drug-likeness (QED) is 0.591. The van der Waals surface area contributed by atoms with Gasteiger partial charge in [0.15, 0.2) is 5.41 Å². The summed E-state index contributed by atoms with van der Waals surface area (Å²) in [6.07, 6.45) is 4.26. The summed E-state index contributed by atoms with van der Waals surface area (Å²) in [5, 5.41) is 19.3. The van der Waals surface area contributed by atoms with Gasteiger partial charge < -0.3 is 10.2 Å². The lowest BCUT2D eigenvalue weighted by Gasteiger charge is -2.45. The van der Waals surface area contributed by atoms with Gasteiger partial charge in [-0.05, 0) is 31.1 Å². The molecule has 0 spiro atoms. The smallest absolute Gasteiger partial charge is 0.321 e. The molecule has 19 heavy (non-hydrogen) atoms. The zero-order valence-corrected chi connectivity index (χ0v) is 12.7. The predicted molar refractivity (Wildman–Crippen MR) is 75.2 cm³/mol. The summed E-state index contributed by atoms with van der Waals surface area (Å²) in [5.41, 5.74) is -2.31. The highest BCUT2D eigenvalue weighted by molar-refractivity contribution is 5.99. The van der Waals surface area contributed by atoms with Crippen LogP contribution >= 0.6 is 0 Å². The first-order chi connectivity index (χ1) is 8.88. The van der Waals surface area contributed by atoms with Crippen molar-refractivity contribution in [1.82, 2.24) is 0 Å². The number of rotatable bonds is 10. The van der Waals surface area contributed by atoms with Gasteiger partial charge >= 0.3 is 11.9 Å². The molecule has 0 aliphatic carbocycles. The summed E-state index contributed by atoms with van der Waals surface area (Å²) >= 11 is 0. The van der Waals surface area contributed by atoms with Crippen LogP contribution in [-0.2, 0) is 9.59 Å². The second-order valence-electron chi connectivity index (χ2n) is 5.36. The van der Waals surface area contributed by atoms with Crippen molar-refractivity contribution in [2.75, 3.05) is 0 Å². The van der Waals surface area contributed by atoms with Gasteiger partial charge in [-0.3, -0.25) is 9.59 Å². The van der Waals surface area contributed by atoms with Crippen molar-refractivity contribution in [2.24, 2.45) is 10.8 Å². The second kappa shape index (κ2) is 7.51. The van der Waals surface area contributed by atoms with E-state index in [9.17, 15) is 19.8 Å². The molecule has 0 atom stereocenters. The van der Waals surface area contributed by atoms with Gasteiger partial charge in [-0.2, -0.15) is 0 Å². The molecular weight excluding hydrogens is 244 g/mol. The van der Waals surface area contributed by atoms with Crippen LogP contribution in [0.5, 0.6) is 0 Å². The average Bonchev–Trinajstić information content (AvgIpc) is 2.37. The standard InChI is InChI=1S/C15H28O4/c1-5-9-11-15(12(16)17,13(18)19)14(7-3,8-4)10-6-2/h5-11H2,1-4H3,(H,16,17)(H,18,19). The highest BCUT2D eigenvalue weighted by Crippen LogP contribution is 2.52. The van der Waals surface area contributed by atoms with E-state index in [0.29, 0.717) is 25.7 Å². The van der Waals surface area contributed by atoms with Gasteiger partial charge in [-0.25, -0.2) is 0 Å². The monoisotopic (exact) mass is 272 g/mol.